The van der Waals surface area contributed by atoms with E-state index in [9.17, 15) is 36.6 Å². The van der Waals surface area contributed by atoms with Crippen LogP contribution in [0.4, 0.5) is 22.0 Å². The fraction of sp³-hybridized carbons (Fsp3) is 0.391. The van der Waals surface area contributed by atoms with Crippen molar-refractivity contribution in [3.05, 3.63) is 53.2 Å². The van der Waals surface area contributed by atoms with Crippen molar-refractivity contribution < 1.29 is 36.6 Å². The third-order valence-electron chi connectivity index (χ3n) is 5.85. The van der Waals surface area contributed by atoms with Crippen molar-refractivity contribution in [1.82, 2.24) is 25.0 Å². The van der Waals surface area contributed by atoms with E-state index in [4.69, 9.17) is 0 Å². The summed E-state index contributed by atoms with van der Waals surface area (Å²) in [5, 5.41) is 17.8. The van der Waals surface area contributed by atoms with E-state index in [1.807, 2.05) is 0 Å². The first-order valence-corrected chi connectivity index (χ1v) is 12.1. The van der Waals surface area contributed by atoms with Crippen molar-refractivity contribution in [2.45, 2.75) is 37.4 Å². The Bertz CT molecular complexity index is 1260. The van der Waals surface area contributed by atoms with Crippen LogP contribution < -0.4 is 5.32 Å². The number of benzene rings is 1. The second-order valence-electron chi connectivity index (χ2n) is 8.62. The van der Waals surface area contributed by atoms with E-state index in [1.54, 1.807) is 5.38 Å². The summed E-state index contributed by atoms with van der Waals surface area (Å²) in [6.07, 6.45) is -3.90. The molecule has 2 aromatic heterocycles. The summed E-state index contributed by atoms with van der Waals surface area (Å²) in [5.74, 6) is -4.82. The molecule has 1 fully saturated rings. The maximum absolute atomic E-state index is 13.7. The van der Waals surface area contributed by atoms with E-state index in [1.165, 1.54) is 35.4 Å². The number of carboxylic acids is 1. The molecule has 0 radical (unpaired) electrons. The minimum absolute atomic E-state index is 0.0258. The topological polar surface area (TPSA) is 100 Å². The number of carbonyl (C=O) groups is 2. The number of likely N-dealkylation sites (tertiary alicyclic amines) is 1. The Labute approximate surface area is 211 Å². The van der Waals surface area contributed by atoms with Gasteiger partial charge in [0, 0.05) is 42.7 Å². The summed E-state index contributed by atoms with van der Waals surface area (Å²) in [4.78, 5) is 29.9. The summed E-state index contributed by atoms with van der Waals surface area (Å²) in [6, 6.07) is 5.12. The number of carbonyl (C=O) groups excluding carboxylic acids is 1. The second-order valence-corrected chi connectivity index (χ2v) is 9.50. The zero-order chi connectivity index (χ0) is 26.8. The minimum Gasteiger partial charge on any atom is -0.481 e. The highest BCUT2D eigenvalue weighted by Crippen LogP contribution is 2.38. The number of nitrogens with zero attached hydrogens (tertiary/aromatic N) is 4. The quantitative estimate of drug-likeness (QED) is 0.390. The lowest BCUT2D eigenvalue weighted by Crippen LogP contribution is -2.39. The molecular formula is C23H22F5N5O3S. The number of halogens is 5. The summed E-state index contributed by atoms with van der Waals surface area (Å²) in [5.41, 5.74) is -1.41. The molecule has 2 N–H and O–H groups in total. The SMILES string of the molecule is O=C(O)C[C@H](CCN1CCC(F)(F)C1)NC(=O)c1cc(-c2ccccc2C(F)(F)F)n(-c2nccs2)n1. The molecule has 0 spiro atoms. The van der Waals surface area contributed by atoms with Crippen molar-refractivity contribution in [3.63, 3.8) is 0 Å². The van der Waals surface area contributed by atoms with Gasteiger partial charge < -0.3 is 10.4 Å². The molecule has 14 heteroatoms. The summed E-state index contributed by atoms with van der Waals surface area (Å²) >= 11 is 1.10. The zero-order valence-electron chi connectivity index (χ0n) is 19.2. The van der Waals surface area contributed by atoms with Gasteiger partial charge in [-0.3, -0.25) is 14.5 Å². The third-order valence-corrected chi connectivity index (χ3v) is 6.60. The molecule has 1 aromatic carbocycles. The molecule has 1 saturated heterocycles. The fourth-order valence-electron chi connectivity index (χ4n) is 4.14. The number of carboxylic acid groups (broad SMARTS) is 1. The predicted octanol–water partition coefficient (Wildman–Crippen LogP) is 4.32. The Morgan fingerprint density at radius 2 is 2.00 bits per heavy atom. The number of amides is 1. The van der Waals surface area contributed by atoms with Gasteiger partial charge in [0.2, 0.25) is 5.13 Å². The van der Waals surface area contributed by atoms with Crippen molar-refractivity contribution in [3.8, 4) is 16.4 Å². The van der Waals surface area contributed by atoms with Crippen molar-refractivity contribution in [1.29, 1.82) is 0 Å². The minimum atomic E-state index is -4.67. The Morgan fingerprint density at radius 3 is 2.62 bits per heavy atom. The van der Waals surface area contributed by atoms with Crippen LogP contribution in [0.2, 0.25) is 0 Å². The molecule has 0 aliphatic carbocycles. The van der Waals surface area contributed by atoms with E-state index in [0.717, 1.165) is 22.1 Å². The highest BCUT2D eigenvalue weighted by molar-refractivity contribution is 7.12. The average Bonchev–Trinajstić information content (AvgIpc) is 3.56. The number of hydrogen-bond acceptors (Lipinski definition) is 6. The van der Waals surface area contributed by atoms with Gasteiger partial charge in [0.05, 0.1) is 24.2 Å². The maximum Gasteiger partial charge on any atom is 0.417 e. The smallest absolute Gasteiger partial charge is 0.417 e. The lowest BCUT2D eigenvalue weighted by atomic mass is 10.0. The van der Waals surface area contributed by atoms with Gasteiger partial charge in [-0.15, -0.1) is 11.3 Å². The van der Waals surface area contributed by atoms with Crippen LogP contribution in [-0.4, -0.2) is 68.2 Å². The number of aliphatic carboxylic acids is 1. The Hall–Kier alpha value is -3.39. The van der Waals surface area contributed by atoms with Gasteiger partial charge in [-0.05, 0) is 18.6 Å². The summed E-state index contributed by atoms with van der Waals surface area (Å²) in [7, 11) is 0. The van der Waals surface area contributed by atoms with Crippen LogP contribution in [-0.2, 0) is 11.0 Å². The molecule has 1 aliphatic rings. The lowest BCUT2D eigenvalue weighted by molar-refractivity contribution is -0.138. The number of nitrogens with one attached hydrogen (secondary N) is 1. The molecule has 1 amide bonds. The van der Waals surface area contributed by atoms with Gasteiger partial charge in [0.15, 0.2) is 5.69 Å². The summed E-state index contributed by atoms with van der Waals surface area (Å²) < 4.78 is 69.2. The standard InChI is InChI=1S/C23H22F5N5O3S/c24-22(25)6-9-32(13-22)8-5-14(11-19(34)35)30-20(36)17-12-18(33(31-17)21-29-7-10-37-21)15-3-1-2-4-16(15)23(26,27)28/h1-4,7,10,12,14H,5-6,8-9,11,13H2,(H,30,36)(H,34,35)/t14-/m0/s1. The van der Waals surface area contributed by atoms with E-state index in [2.05, 4.69) is 15.4 Å². The van der Waals surface area contributed by atoms with Gasteiger partial charge in [-0.25, -0.2) is 18.4 Å². The van der Waals surface area contributed by atoms with Crippen LogP contribution >= 0.6 is 11.3 Å². The monoisotopic (exact) mass is 543 g/mol. The predicted molar refractivity (Wildman–Crippen MR) is 124 cm³/mol. The average molecular weight is 544 g/mol. The van der Waals surface area contributed by atoms with E-state index in [0.29, 0.717) is 0 Å². The van der Waals surface area contributed by atoms with Crippen LogP contribution in [0.3, 0.4) is 0 Å². The molecule has 4 rings (SSSR count). The Morgan fingerprint density at radius 1 is 1.24 bits per heavy atom. The van der Waals surface area contributed by atoms with Crippen molar-refractivity contribution in [2.75, 3.05) is 19.6 Å². The van der Waals surface area contributed by atoms with Gasteiger partial charge in [-0.2, -0.15) is 18.3 Å². The molecule has 3 heterocycles. The van der Waals surface area contributed by atoms with E-state index in [-0.39, 0.29) is 48.0 Å². The van der Waals surface area contributed by atoms with Gasteiger partial charge in [0.25, 0.3) is 11.8 Å². The zero-order valence-corrected chi connectivity index (χ0v) is 20.0. The van der Waals surface area contributed by atoms with Crippen molar-refractivity contribution >= 4 is 23.2 Å². The maximum atomic E-state index is 13.7. The Balaban J connectivity index is 1.60. The molecule has 1 atom stereocenters. The normalized spacial score (nSPS) is 16.6. The highest BCUT2D eigenvalue weighted by atomic mass is 32.1. The van der Waals surface area contributed by atoms with Crippen LogP contribution in [0, 0.1) is 0 Å². The number of alkyl halides is 5. The van der Waals surface area contributed by atoms with Gasteiger partial charge in [-0.1, -0.05) is 18.2 Å². The number of rotatable bonds is 9. The van der Waals surface area contributed by atoms with Crippen LogP contribution in [0.15, 0.2) is 41.9 Å². The summed E-state index contributed by atoms with van der Waals surface area (Å²) in [6.45, 7) is -0.145. The molecule has 0 saturated carbocycles. The van der Waals surface area contributed by atoms with Crippen LogP contribution in [0.25, 0.3) is 16.4 Å². The van der Waals surface area contributed by atoms with Gasteiger partial charge in [0.1, 0.15) is 0 Å². The second kappa shape index (κ2) is 10.5. The Kier molecular flexibility index (Phi) is 7.59. The molecule has 0 bridgehead atoms. The molecule has 8 nitrogen and oxygen atoms in total. The van der Waals surface area contributed by atoms with Crippen molar-refractivity contribution in [2.24, 2.45) is 0 Å². The molecule has 0 unspecified atom stereocenters. The van der Waals surface area contributed by atoms with E-state index >= 15 is 0 Å². The first kappa shape index (κ1) is 26.7. The first-order valence-electron chi connectivity index (χ1n) is 11.2. The number of thiazole rings is 1. The molecular weight excluding hydrogens is 521 g/mol. The fourth-order valence-corrected chi connectivity index (χ4v) is 4.74. The number of aromatic nitrogens is 3. The van der Waals surface area contributed by atoms with Crippen LogP contribution in [0.5, 0.6) is 0 Å². The lowest BCUT2D eigenvalue weighted by Gasteiger charge is -2.21. The molecule has 37 heavy (non-hydrogen) atoms. The number of hydrogen-bond donors (Lipinski definition) is 2. The molecule has 198 valence electrons. The van der Waals surface area contributed by atoms with Crippen LogP contribution in [0.1, 0.15) is 35.3 Å². The van der Waals surface area contributed by atoms with Gasteiger partial charge >= 0.3 is 12.1 Å². The highest BCUT2D eigenvalue weighted by Gasteiger charge is 2.38. The molecule has 1 aliphatic heterocycles. The third kappa shape index (κ3) is 6.49. The molecule has 3 aromatic rings. The van der Waals surface area contributed by atoms with E-state index < -0.39 is 48.5 Å². The largest absolute Gasteiger partial charge is 0.481 e. The first-order chi connectivity index (χ1) is 17.4.